The fraction of sp³-hybridized carbons (Fsp3) is 0.304. The van der Waals surface area contributed by atoms with Crippen molar-refractivity contribution >= 4 is 12.0 Å². The number of carbonyl (C=O) groups excluding carboxylic acids is 1. The Kier molecular flexibility index (Phi) is 8.12. The van der Waals surface area contributed by atoms with Crippen LogP contribution in [0.4, 0.5) is 0 Å². The molecular weight excluding hydrogens is 336 g/mol. The maximum absolute atomic E-state index is 12.2. The Balaban J connectivity index is 1.88. The van der Waals surface area contributed by atoms with E-state index in [1.165, 1.54) is 0 Å². The lowest BCUT2D eigenvalue weighted by molar-refractivity contribution is -0.117. The summed E-state index contributed by atoms with van der Waals surface area (Å²) < 4.78 is 5.68. The molecule has 0 bridgehead atoms. The summed E-state index contributed by atoms with van der Waals surface area (Å²) in [5.74, 6) is 1.04. The molecule has 0 aliphatic carbocycles. The summed E-state index contributed by atoms with van der Waals surface area (Å²) in [5, 5.41) is 12.1. The number of nitriles is 1. The second kappa shape index (κ2) is 10.8. The molecular formula is C23H26N2O2. The number of nitrogens with zero attached hydrogens (tertiary/aromatic N) is 1. The molecule has 4 nitrogen and oxygen atoms in total. The lowest BCUT2D eigenvalue weighted by Crippen LogP contribution is -2.26. The van der Waals surface area contributed by atoms with Crippen LogP contribution < -0.4 is 10.1 Å². The van der Waals surface area contributed by atoms with Gasteiger partial charge < -0.3 is 10.1 Å². The van der Waals surface area contributed by atoms with E-state index < -0.39 is 0 Å². The Hall–Kier alpha value is -3.06. The van der Waals surface area contributed by atoms with E-state index in [-0.39, 0.29) is 11.5 Å². The van der Waals surface area contributed by atoms with Gasteiger partial charge in [0, 0.05) is 6.54 Å². The van der Waals surface area contributed by atoms with Crippen LogP contribution in [0.3, 0.4) is 0 Å². The van der Waals surface area contributed by atoms with Gasteiger partial charge in [0.1, 0.15) is 17.4 Å². The van der Waals surface area contributed by atoms with Crippen molar-refractivity contribution in [3.8, 4) is 11.8 Å². The third-order valence-electron chi connectivity index (χ3n) is 4.06. The van der Waals surface area contributed by atoms with Gasteiger partial charge in [0.05, 0.1) is 6.61 Å². The number of nitrogens with one attached hydrogen (secondary N) is 1. The van der Waals surface area contributed by atoms with Crippen LogP contribution in [0.2, 0.25) is 0 Å². The molecule has 2 rings (SSSR count). The van der Waals surface area contributed by atoms with Crippen molar-refractivity contribution in [3.05, 3.63) is 71.3 Å². The number of benzene rings is 2. The zero-order valence-corrected chi connectivity index (χ0v) is 15.9. The van der Waals surface area contributed by atoms with E-state index in [1.54, 1.807) is 6.08 Å². The molecule has 0 atom stereocenters. The van der Waals surface area contributed by atoms with Crippen LogP contribution in [0.25, 0.3) is 6.08 Å². The molecule has 0 radical (unpaired) electrons. The van der Waals surface area contributed by atoms with E-state index in [0.717, 1.165) is 29.7 Å². The first-order valence-electron chi connectivity index (χ1n) is 9.25. The first-order valence-corrected chi connectivity index (χ1v) is 9.25. The van der Waals surface area contributed by atoms with Gasteiger partial charge in [0.15, 0.2) is 0 Å². The fourth-order valence-electron chi connectivity index (χ4n) is 2.45. The highest BCUT2D eigenvalue weighted by Gasteiger charge is 2.08. The smallest absolute Gasteiger partial charge is 0.261 e. The second-order valence-corrected chi connectivity index (χ2v) is 6.76. The first kappa shape index (κ1) is 20.3. The van der Waals surface area contributed by atoms with Crippen LogP contribution in [0.15, 0.2) is 60.2 Å². The number of rotatable bonds is 9. The summed E-state index contributed by atoms with van der Waals surface area (Å²) >= 11 is 0. The van der Waals surface area contributed by atoms with Crippen LogP contribution in [0, 0.1) is 17.2 Å². The molecule has 1 N–H and O–H groups in total. The SMILES string of the molecule is CC(C)CCOc1ccc(/C=C(\C#N)C(=O)NCCc2ccccc2)cc1. The molecule has 0 heterocycles. The maximum atomic E-state index is 12.2. The highest BCUT2D eigenvalue weighted by molar-refractivity contribution is 6.01. The van der Waals surface area contributed by atoms with Crippen LogP contribution in [0.1, 0.15) is 31.4 Å². The number of hydrogen-bond acceptors (Lipinski definition) is 3. The van der Waals surface area contributed by atoms with Gasteiger partial charge in [-0.3, -0.25) is 4.79 Å². The van der Waals surface area contributed by atoms with Crippen molar-refractivity contribution in [3.63, 3.8) is 0 Å². The molecule has 4 heteroatoms. The quantitative estimate of drug-likeness (QED) is 0.532. The van der Waals surface area contributed by atoms with Gasteiger partial charge in [-0.15, -0.1) is 0 Å². The fourth-order valence-corrected chi connectivity index (χ4v) is 2.45. The average Bonchev–Trinajstić information content (AvgIpc) is 2.67. The molecule has 27 heavy (non-hydrogen) atoms. The Morgan fingerprint density at radius 1 is 1.15 bits per heavy atom. The monoisotopic (exact) mass is 362 g/mol. The van der Waals surface area contributed by atoms with Crippen molar-refractivity contribution in [2.45, 2.75) is 26.7 Å². The zero-order valence-electron chi connectivity index (χ0n) is 15.9. The standard InChI is InChI=1S/C23H26N2O2/c1-18(2)13-15-27-22-10-8-20(9-11-22)16-21(17-24)23(26)25-14-12-19-6-4-3-5-7-19/h3-11,16,18H,12-15H2,1-2H3,(H,25,26)/b21-16+. The van der Waals surface area contributed by atoms with Crippen molar-refractivity contribution in [2.24, 2.45) is 5.92 Å². The van der Waals surface area contributed by atoms with E-state index in [1.807, 2.05) is 60.7 Å². The molecule has 2 aromatic rings. The van der Waals surface area contributed by atoms with Crippen LogP contribution in [-0.4, -0.2) is 19.1 Å². The minimum Gasteiger partial charge on any atom is -0.494 e. The van der Waals surface area contributed by atoms with Crippen molar-refractivity contribution in [1.82, 2.24) is 5.32 Å². The van der Waals surface area contributed by atoms with Crippen molar-refractivity contribution in [2.75, 3.05) is 13.2 Å². The average molecular weight is 362 g/mol. The van der Waals surface area contributed by atoms with E-state index >= 15 is 0 Å². The second-order valence-electron chi connectivity index (χ2n) is 6.76. The molecule has 2 aromatic carbocycles. The molecule has 0 saturated heterocycles. The van der Waals surface area contributed by atoms with Crippen LogP contribution in [-0.2, 0) is 11.2 Å². The summed E-state index contributed by atoms with van der Waals surface area (Å²) in [6.45, 7) is 5.49. The molecule has 0 fully saturated rings. The Labute approximate surface area is 161 Å². The summed E-state index contributed by atoms with van der Waals surface area (Å²) in [6.07, 6.45) is 3.33. The number of amides is 1. The molecule has 0 unspecified atom stereocenters. The van der Waals surface area contributed by atoms with E-state index in [9.17, 15) is 10.1 Å². The van der Waals surface area contributed by atoms with Gasteiger partial charge in [0.2, 0.25) is 0 Å². The molecule has 0 aliphatic heterocycles. The zero-order chi connectivity index (χ0) is 19.5. The molecule has 0 saturated carbocycles. The van der Waals surface area contributed by atoms with E-state index in [0.29, 0.717) is 19.1 Å². The lowest BCUT2D eigenvalue weighted by Gasteiger charge is -2.08. The summed E-state index contributed by atoms with van der Waals surface area (Å²) in [7, 11) is 0. The highest BCUT2D eigenvalue weighted by atomic mass is 16.5. The minimum absolute atomic E-state index is 0.0940. The van der Waals surface area contributed by atoms with Crippen molar-refractivity contribution in [1.29, 1.82) is 5.26 Å². The summed E-state index contributed by atoms with van der Waals surface area (Å²) in [5.41, 5.74) is 2.03. The number of ether oxygens (including phenoxy) is 1. The van der Waals surface area contributed by atoms with Gasteiger partial charge in [-0.2, -0.15) is 5.26 Å². The predicted molar refractivity (Wildman–Crippen MR) is 108 cm³/mol. The van der Waals surface area contributed by atoms with Crippen LogP contribution >= 0.6 is 0 Å². The topological polar surface area (TPSA) is 62.1 Å². The molecule has 0 aromatic heterocycles. The van der Waals surface area contributed by atoms with E-state index in [4.69, 9.17) is 4.74 Å². The number of carbonyl (C=O) groups is 1. The summed E-state index contributed by atoms with van der Waals surface area (Å²) in [6, 6.07) is 19.3. The Morgan fingerprint density at radius 3 is 2.48 bits per heavy atom. The molecule has 1 amide bonds. The van der Waals surface area contributed by atoms with Gasteiger partial charge >= 0.3 is 0 Å². The minimum atomic E-state index is -0.356. The van der Waals surface area contributed by atoms with Gasteiger partial charge in [0.25, 0.3) is 5.91 Å². The van der Waals surface area contributed by atoms with Gasteiger partial charge in [-0.25, -0.2) is 0 Å². The third-order valence-corrected chi connectivity index (χ3v) is 4.06. The first-order chi connectivity index (χ1) is 13.1. The summed E-state index contributed by atoms with van der Waals surface area (Å²) in [4.78, 5) is 12.2. The largest absolute Gasteiger partial charge is 0.494 e. The lowest BCUT2D eigenvalue weighted by atomic mass is 10.1. The van der Waals surface area contributed by atoms with Crippen LogP contribution in [0.5, 0.6) is 5.75 Å². The highest BCUT2D eigenvalue weighted by Crippen LogP contribution is 2.15. The normalized spacial score (nSPS) is 11.1. The molecule has 140 valence electrons. The predicted octanol–water partition coefficient (Wildman–Crippen LogP) is 4.38. The Morgan fingerprint density at radius 2 is 1.85 bits per heavy atom. The molecule has 0 aliphatic rings. The van der Waals surface area contributed by atoms with Gasteiger partial charge in [-0.1, -0.05) is 56.3 Å². The molecule has 0 spiro atoms. The number of hydrogen-bond donors (Lipinski definition) is 1. The maximum Gasteiger partial charge on any atom is 0.261 e. The van der Waals surface area contributed by atoms with E-state index in [2.05, 4.69) is 19.2 Å². The van der Waals surface area contributed by atoms with Crippen molar-refractivity contribution < 1.29 is 9.53 Å². The third kappa shape index (κ3) is 7.37. The Bertz CT molecular complexity index is 787. The van der Waals surface area contributed by atoms with Gasteiger partial charge in [-0.05, 0) is 48.1 Å².